The Morgan fingerprint density at radius 3 is 2.31 bits per heavy atom. The molecule has 3 rings (SSSR count). The predicted octanol–water partition coefficient (Wildman–Crippen LogP) is 2.95. The first-order chi connectivity index (χ1) is 12.5. The van der Waals surface area contributed by atoms with E-state index in [1.54, 1.807) is 36.4 Å². The van der Waals surface area contributed by atoms with Crippen LogP contribution in [0.4, 0.5) is 0 Å². The first kappa shape index (κ1) is 17.2. The van der Waals surface area contributed by atoms with Gasteiger partial charge in [0, 0.05) is 6.92 Å². The van der Waals surface area contributed by atoms with Crippen molar-refractivity contribution in [3.05, 3.63) is 64.5 Å². The van der Waals surface area contributed by atoms with E-state index in [-0.39, 0.29) is 28.0 Å². The topological polar surface area (TPSA) is 92.0 Å². The summed E-state index contributed by atoms with van der Waals surface area (Å²) in [7, 11) is 1.30. The minimum atomic E-state index is -0.890. The number of esters is 2. The second-order valence-corrected chi connectivity index (χ2v) is 5.23. The molecule has 1 heterocycles. The number of carbonyl (C=O) groups excluding carboxylic acids is 2. The fraction of sp³-hybridized carbons (Fsp3) is 0.105. The normalized spacial score (nSPS) is 10.4. The highest BCUT2D eigenvalue weighted by Gasteiger charge is 2.23. The van der Waals surface area contributed by atoms with Crippen LogP contribution in [-0.4, -0.2) is 19.0 Å². The summed E-state index contributed by atoms with van der Waals surface area (Å²) in [6.45, 7) is 1.24. The molecule has 3 aromatic rings. The molecule has 26 heavy (non-hydrogen) atoms. The summed E-state index contributed by atoms with van der Waals surface area (Å²) in [6.07, 6.45) is 0. The van der Waals surface area contributed by atoms with E-state index in [1.165, 1.54) is 26.2 Å². The van der Waals surface area contributed by atoms with E-state index in [4.69, 9.17) is 18.6 Å². The number of rotatable bonds is 4. The fourth-order valence-electron chi connectivity index (χ4n) is 2.42. The van der Waals surface area contributed by atoms with Crippen LogP contribution in [0.25, 0.3) is 11.0 Å². The highest BCUT2D eigenvalue weighted by Crippen LogP contribution is 2.38. The fourth-order valence-corrected chi connectivity index (χ4v) is 2.42. The lowest BCUT2D eigenvalue weighted by atomic mass is 10.2. The molecular formula is C19H14O7. The summed E-state index contributed by atoms with van der Waals surface area (Å²) in [4.78, 5) is 35.9. The molecule has 2 aromatic carbocycles. The van der Waals surface area contributed by atoms with Crippen LogP contribution in [0.15, 0.2) is 57.7 Å². The van der Waals surface area contributed by atoms with Crippen molar-refractivity contribution in [1.29, 1.82) is 0 Å². The number of hydrogen-bond acceptors (Lipinski definition) is 7. The van der Waals surface area contributed by atoms with Crippen LogP contribution in [0.5, 0.6) is 17.2 Å². The number of hydrogen-bond donors (Lipinski definition) is 0. The zero-order chi connectivity index (χ0) is 18.7. The molecule has 0 bridgehead atoms. The molecule has 0 atom stereocenters. The Balaban J connectivity index is 2.16. The molecule has 0 aliphatic rings. The number of benzene rings is 2. The highest BCUT2D eigenvalue weighted by atomic mass is 16.6. The summed E-state index contributed by atoms with van der Waals surface area (Å²) in [5.41, 5.74) is -0.508. The van der Waals surface area contributed by atoms with Gasteiger partial charge in [-0.25, -0.2) is 9.59 Å². The third-order valence-corrected chi connectivity index (χ3v) is 3.47. The number of methoxy groups -OCH3 is 1. The van der Waals surface area contributed by atoms with Crippen LogP contribution in [0.3, 0.4) is 0 Å². The lowest BCUT2D eigenvalue weighted by Crippen LogP contribution is -2.16. The highest BCUT2D eigenvalue weighted by molar-refractivity contribution is 5.96. The summed E-state index contributed by atoms with van der Waals surface area (Å²) in [6, 6.07) is 12.7. The van der Waals surface area contributed by atoms with Crippen molar-refractivity contribution in [2.24, 2.45) is 0 Å². The van der Waals surface area contributed by atoms with Crippen molar-refractivity contribution >= 4 is 22.9 Å². The molecular weight excluding hydrogens is 340 g/mol. The van der Waals surface area contributed by atoms with E-state index in [2.05, 4.69) is 0 Å². The largest absolute Gasteiger partial charge is 0.492 e. The maximum absolute atomic E-state index is 12.3. The van der Waals surface area contributed by atoms with E-state index in [9.17, 15) is 14.4 Å². The molecule has 1 aromatic heterocycles. The van der Waals surface area contributed by atoms with Crippen molar-refractivity contribution in [2.45, 2.75) is 6.92 Å². The molecule has 0 aliphatic heterocycles. The second-order valence-electron chi connectivity index (χ2n) is 5.23. The Bertz CT molecular complexity index is 1030. The molecule has 0 saturated carbocycles. The summed E-state index contributed by atoms with van der Waals surface area (Å²) in [5.74, 6) is -1.67. The molecule has 0 fully saturated rings. The number of ether oxygens (including phenoxy) is 3. The quantitative estimate of drug-likeness (QED) is 0.404. The van der Waals surface area contributed by atoms with Gasteiger partial charge >= 0.3 is 17.6 Å². The SMILES string of the molecule is COc1c(OC(=O)c2ccccc2)c(=O)oc2cccc(OC(C)=O)c12. The van der Waals surface area contributed by atoms with Crippen LogP contribution in [-0.2, 0) is 4.79 Å². The molecule has 0 spiro atoms. The van der Waals surface area contributed by atoms with Gasteiger partial charge < -0.3 is 18.6 Å². The summed E-state index contributed by atoms with van der Waals surface area (Å²) >= 11 is 0. The van der Waals surface area contributed by atoms with Gasteiger partial charge in [0.25, 0.3) is 5.75 Å². The van der Waals surface area contributed by atoms with Crippen LogP contribution in [0.1, 0.15) is 17.3 Å². The molecule has 0 unspecified atom stereocenters. The predicted molar refractivity (Wildman–Crippen MR) is 91.7 cm³/mol. The van der Waals surface area contributed by atoms with Crippen molar-refractivity contribution in [3.8, 4) is 17.2 Å². The Kier molecular flexibility index (Phi) is 4.70. The molecule has 0 radical (unpaired) electrons. The Morgan fingerprint density at radius 1 is 0.923 bits per heavy atom. The standard InChI is InChI=1S/C19H14O7/c1-11(20)24-13-9-6-10-14-15(13)16(23-2)17(19(22)25-14)26-18(21)12-7-4-3-5-8-12/h3-10H,1-2H3. The van der Waals surface area contributed by atoms with Gasteiger partial charge in [0.1, 0.15) is 16.7 Å². The lowest BCUT2D eigenvalue weighted by molar-refractivity contribution is -0.131. The molecule has 0 N–H and O–H groups in total. The number of carbonyl (C=O) groups is 2. The average Bonchev–Trinajstić information content (AvgIpc) is 2.63. The summed E-state index contributed by atoms with van der Waals surface area (Å²) < 4.78 is 20.8. The van der Waals surface area contributed by atoms with Gasteiger partial charge in [-0.3, -0.25) is 4.79 Å². The molecule has 0 saturated heterocycles. The zero-order valence-corrected chi connectivity index (χ0v) is 14.0. The van der Waals surface area contributed by atoms with Gasteiger partial charge in [-0.1, -0.05) is 24.3 Å². The second kappa shape index (κ2) is 7.10. The smallest absolute Gasteiger partial charge is 0.383 e. The molecule has 7 nitrogen and oxygen atoms in total. The van der Waals surface area contributed by atoms with Crippen LogP contribution >= 0.6 is 0 Å². The van der Waals surface area contributed by atoms with Gasteiger partial charge in [-0.2, -0.15) is 0 Å². The third kappa shape index (κ3) is 3.27. The maximum atomic E-state index is 12.3. The van der Waals surface area contributed by atoms with E-state index in [0.717, 1.165) is 0 Å². The number of fused-ring (bicyclic) bond motifs is 1. The van der Waals surface area contributed by atoms with Crippen LogP contribution < -0.4 is 19.8 Å². The van der Waals surface area contributed by atoms with E-state index in [0.29, 0.717) is 0 Å². The van der Waals surface area contributed by atoms with Crippen molar-refractivity contribution < 1.29 is 28.2 Å². The van der Waals surface area contributed by atoms with Gasteiger partial charge in [-0.05, 0) is 24.3 Å². The zero-order valence-electron chi connectivity index (χ0n) is 14.0. The maximum Gasteiger partial charge on any atom is 0.383 e. The Labute approximate surface area is 147 Å². The molecule has 7 heteroatoms. The van der Waals surface area contributed by atoms with E-state index in [1.807, 2.05) is 0 Å². The van der Waals surface area contributed by atoms with Gasteiger partial charge in [0.15, 0.2) is 5.75 Å². The molecule has 0 aliphatic carbocycles. The monoisotopic (exact) mass is 354 g/mol. The van der Waals surface area contributed by atoms with Crippen molar-refractivity contribution in [2.75, 3.05) is 7.11 Å². The van der Waals surface area contributed by atoms with Crippen molar-refractivity contribution in [3.63, 3.8) is 0 Å². The Hall–Kier alpha value is -3.61. The van der Waals surface area contributed by atoms with Gasteiger partial charge in [0.2, 0.25) is 0 Å². The average molecular weight is 354 g/mol. The van der Waals surface area contributed by atoms with Crippen LogP contribution in [0.2, 0.25) is 0 Å². The first-order valence-corrected chi connectivity index (χ1v) is 7.60. The first-order valence-electron chi connectivity index (χ1n) is 7.60. The Morgan fingerprint density at radius 2 is 1.65 bits per heavy atom. The van der Waals surface area contributed by atoms with E-state index >= 15 is 0 Å². The van der Waals surface area contributed by atoms with Gasteiger partial charge in [0.05, 0.1) is 12.7 Å². The molecule has 132 valence electrons. The molecule has 0 amide bonds. The van der Waals surface area contributed by atoms with Crippen LogP contribution in [0, 0.1) is 0 Å². The minimum Gasteiger partial charge on any atom is -0.492 e. The summed E-state index contributed by atoms with van der Waals surface area (Å²) in [5, 5.41) is 0.209. The van der Waals surface area contributed by atoms with Crippen molar-refractivity contribution in [1.82, 2.24) is 0 Å². The van der Waals surface area contributed by atoms with Gasteiger partial charge in [-0.15, -0.1) is 0 Å². The lowest BCUT2D eigenvalue weighted by Gasteiger charge is -2.12. The third-order valence-electron chi connectivity index (χ3n) is 3.47. The van der Waals surface area contributed by atoms with E-state index < -0.39 is 23.3 Å². The minimum absolute atomic E-state index is 0.0580.